The Bertz CT molecular complexity index is 478. The first-order chi connectivity index (χ1) is 9.67. The van der Waals surface area contributed by atoms with Crippen LogP contribution < -0.4 is 20.3 Å². The zero-order valence-electron chi connectivity index (χ0n) is 12.3. The van der Waals surface area contributed by atoms with E-state index in [1.807, 2.05) is 19.9 Å². The Labute approximate surface area is 119 Å². The molecule has 2 N–H and O–H groups in total. The van der Waals surface area contributed by atoms with Crippen molar-refractivity contribution < 1.29 is 9.53 Å². The molecular weight excluding hydrogens is 256 g/mol. The van der Waals surface area contributed by atoms with Gasteiger partial charge < -0.3 is 20.3 Å². The number of amides is 1. The van der Waals surface area contributed by atoms with Crippen LogP contribution in [0.5, 0.6) is 5.75 Å². The van der Waals surface area contributed by atoms with E-state index in [9.17, 15) is 4.79 Å². The molecular formula is C14H22N4O2. The van der Waals surface area contributed by atoms with E-state index < -0.39 is 0 Å². The summed E-state index contributed by atoms with van der Waals surface area (Å²) in [5, 5.41) is 6.16. The summed E-state index contributed by atoms with van der Waals surface area (Å²) in [5.74, 6) is 0.739. The number of hydrogen-bond donors (Lipinski definition) is 2. The van der Waals surface area contributed by atoms with Gasteiger partial charge in [-0.2, -0.15) is 0 Å². The first-order valence-corrected chi connectivity index (χ1v) is 6.93. The van der Waals surface area contributed by atoms with Crippen LogP contribution in [-0.2, 0) is 4.79 Å². The Morgan fingerprint density at radius 2 is 2.45 bits per heavy atom. The molecule has 0 radical (unpaired) electrons. The fourth-order valence-corrected chi connectivity index (χ4v) is 2.43. The predicted octanol–water partition coefficient (Wildman–Crippen LogP) is 0.313. The van der Waals surface area contributed by atoms with Gasteiger partial charge in [0.1, 0.15) is 6.04 Å². The molecule has 1 aromatic heterocycles. The van der Waals surface area contributed by atoms with Gasteiger partial charge in [-0.3, -0.25) is 9.78 Å². The minimum Gasteiger partial charge on any atom is -0.493 e. The number of aryl methyl sites for hydroxylation is 1. The van der Waals surface area contributed by atoms with Crippen LogP contribution in [-0.4, -0.2) is 50.2 Å². The van der Waals surface area contributed by atoms with Gasteiger partial charge in [-0.25, -0.2) is 0 Å². The highest BCUT2D eigenvalue weighted by Crippen LogP contribution is 2.30. The molecule has 0 saturated carbocycles. The van der Waals surface area contributed by atoms with Crippen molar-refractivity contribution in [1.29, 1.82) is 0 Å². The normalized spacial score (nSPS) is 18.8. The van der Waals surface area contributed by atoms with Crippen molar-refractivity contribution in [2.45, 2.75) is 19.9 Å². The summed E-state index contributed by atoms with van der Waals surface area (Å²) in [5.41, 5.74) is 1.84. The third kappa shape index (κ3) is 3.01. The molecule has 1 fully saturated rings. The Morgan fingerprint density at radius 3 is 3.15 bits per heavy atom. The Balaban J connectivity index is 2.32. The van der Waals surface area contributed by atoms with Crippen molar-refractivity contribution in [3.8, 4) is 5.75 Å². The molecule has 1 aliphatic heterocycles. The number of nitrogens with zero attached hydrogens (tertiary/aromatic N) is 2. The third-order valence-corrected chi connectivity index (χ3v) is 3.41. The minimum atomic E-state index is -0.223. The van der Waals surface area contributed by atoms with Gasteiger partial charge in [0.25, 0.3) is 0 Å². The monoisotopic (exact) mass is 278 g/mol. The number of anilines is 1. The van der Waals surface area contributed by atoms with Gasteiger partial charge in [0.05, 0.1) is 19.0 Å². The number of likely N-dealkylation sites (N-methyl/N-ethyl adjacent to an activating group) is 1. The van der Waals surface area contributed by atoms with E-state index in [0.29, 0.717) is 18.8 Å². The molecule has 1 aliphatic rings. The van der Waals surface area contributed by atoms with Crippen molar-refractivity contribution in [3.63, 3.8) is 0 Å². The zero-order valence-corrected chi connectivity index (χ0v) is 12.3. The molecule has 1 saturated heterocycles. The van der Waals surface area contributed by atoms with Crippen molar-refractivity contribution >= 4 is 11.6 Å². The number of ether oxygens (including phenoxy) is 1. The van der Waals surface area contributed by atoms with E-state index in [1.165, 1.54) is 0 Å². The van der Waals surface area contributed by atoms with Gasteiger partial charge in [-0.1, -0.05) is 0 Å². The highest BCUT2D eigenvalue weighted by Gasteiger charge is 2.30. The molecule has 0 bridgehead atoms. The second-order valence-corrected chi connectivity index (χ2v) is 4.81. The summed E-state index contributed by atoms with van der Waals surface area (Å²) in [4.78, 5) is 18.6. The van der Waals surface area contributed by atoms with Gasteiger partial charge in [0, 0.05) is 31.9 Å². The van der Waals surface area contributed by atoms with E-state index >= 15 is 0 Å². The molecule has 1 aromatic rings. The molecule has 0 aliphatic carbocycles. The molecule has 0 aromatic carbocycles. The van der Waals surface area contributed by atoms with Crippen molar-refractivity contribution in [1.82, 2.24) is 15.6 Å². The maximum Gasteiger partial charge on any atom is 0.244 e. The number of piperazine rings is 1. The second-order valence-electron chi connectivity index (χ2n) is 4.81. The van der Waals surface area contributed by atoms with E-state index in [-0.39, 0.29) is 11.9 Å². The fraction of sp³-hybridized carbons (Fsp3) is 0.571. The molecule has 6 nitrogen and oxygen atoms in total. The average molecular weight is 278 g/mol. The summed E-state index contributed by atoms with van der Waals surface area (Å²) < 4.78 is 5.39. The molecule has 1 atom stereocenters. The van der Waals surface area contributed by atoms with Gasteiger partial charge in [0.15, 0.2) is 5.75 Å². The topological polar surface area (TPSA) is 66.5 Å². The SMILES string of the molecule is CCNC(=O)C1CNCCN1c1cc(C)ncc1OC. The standard InChI is InChI=1S/C14H22N4O2/c1-4-16-14(19)12-8-15-5-6-18(12)11-7-10(2)17-9-13(11)20-3/h7,9,12,15H,4-6,8H2,1-3H3,(H,16,19). The summed E-state index contributed by atoms with van der Waals surface area (Å²) in [7, 11) is 1.62. The minimum absolute atomic E-state index is 0.0382. The van der Waals surface area contributed by atoms with E-state index in [4.69, 9.17) is 4.74 Å². The molecule has 1 unspecified atom stereocenters. The van der Waals surface area contributed by atoms with E-state index in [1.54, 1.807) is 13.3 Å². The fourth-order valence-electron chi connectivity index (χ4n) is 2.43. The lowest BCUT2D eigenvalue weighted by Gasteiger charge is -2.37. The first-order valence-electron chi connectivity index (χ1n) is 6.93. The zero-order chi connectivity index (χ0) is 14.5. The van der Waals surface area contributed by atoms with Crippen molar-refractivity contribution in [2.24, 2.45) is 0 Å². The molecule has 6 heteroatoms. The van der Waals surface area contributed by atoms with E-state index in [0.717, 1.165) is 24.5 Å². The van der Waals surface area contributed by atoms with E-state index in [2.05, 4.69) is 20.5 Å². The Kier molecular flexibility index (Phi) is 4.79. The largest absolute Gasteiger partial charge is 0.493 e. The lowest BCUT2D eigenvalue weighted by atomic mass is 10.1. The summed E-state index contributed by atoms with van der Waals surface area (Å²) >= 11 is 0. The van der Waals surface area contributed by atoms with Crippen LogP contribution in [0, 0.1) is 6.92 Å². The number of carbonyl (C=O) groups excluding carboxylic acids is 1. The van der Waals surface area contributed by atoms with Crippen LogP contribution in [0.4, 0.5) is 5.69 Å². The quantitative estimate of drug-likeness (QED) is 0.830. The Morgan fingerprint density at radius 1 is 1.65 bits per heavy atom. The number of carbonyl (C=O) groups is 1. The van der Waals surface area contributed by atoms with Gasteiger partial charge in [-0.15, -0.1) is 0 Å². The van der Waals surface area contributed by atoms with Crippen LogP contribution in [0.15, 0.2) is 12.3 Å². The van der Waals surface area contributed by atoms with Gasteiger partial charge in [0.2, 0.25) is 5.91 Å². The number of pyridine rings is 1. The summed E-state index contributed by atoms with van der Waals surface area (Å²) in [6.07, 6.45) is 1.71. The average Bonchev–Trinajstić information content (AvgIpc) is 2.47. The smallest absolute Gasteiger partial charge is 0.244 e. The number of methoxy groups -OCH3 is 1. The highest BCUT2D eigenvalue weighted by atomic mass is 16.5. The molecule has 110 valence electrons. The van der Waals surface area contributed by atoms with Crippen LogP contribution in [0.1, 0.15) is 12.6 Å². The number of aromatic nitrogens is 1. The highest BCUT2D eigenvalue weighted by molar-refractivity contribution is 5.86. The molecule has 2 rings (SSSR count). The third-order valence-electron chi connectivity index (χ3n) is 3.41. The number of nitrogens with one attached hydrogen (secondary N) is 2. The number of hydrogen-bond acceptors (Lipinski definition) is 5. The van der Waals surface area contributed by atoms with Crippen LogP contribution in [0.25, 0.3) is 0 Å². The summed E-state index contributed by atoms with van der Waals surface area (Å²) in [6, 6.07) is 1.75. The van der Waals surface area contributed by atoms with Gasteiger partial charge >= 0.3 is 0 Å². The lowest BCUT2D eigenvalue weighted by Crippen LogP contribution is -2.58. The van der Waals surface area contributed by atoms with Gasteiger partial charge in [-0.05, 0) is 19.9 Å². The molecule has 20 heavy (non-hydrogen) atoms. The molecule has 1 amide bonds. The maximum atomic E-state index is 12.2. The van der Waals surface area contributed by atoms with Crippen molar-refractivity contribution in [3.05, 3.63) is 18.0 Å². The van der Waals surface area contributed by atoms with Crippen LogP contribution in [0.2, 0.25) is 0 Å². The molecule has 2 heterocycles. The number of rotatable bonds is 4. The lowest BCUT2D eigenvalue weighted by molar-refractivity contribution is -0.122. The second kappa shape index (κ2) is 6.56. The predicted molar refractivity (Wildman–Crippen MR) is 78.2 cm³/mol. The van der Waals surface area contributed by atoms with Crippen LogP contribution >= 0.6 is 0 Å². The molecule has 0 spiro atoms. The van der Waals surface area contributed by atoms with Crippen LogP contribution in [0.3, 0.4) is 0 Å². The Hall–Kier alpha value is -1.82. The maximum absolute atomic E-state index is 12.2. The summed E-state index contributed by atoms with van der Waals surface area (Å²) in [6.45, 7) is 6.75. The van der Waals surface area contributed by atoms with Crippen molar-refractivity contribution in [2.75, 3.05) is 38.2 Å². The first kappa shape index (κ1) is 14.6.